The molecule has 3 rings (SSSR count). The highest BCUT2D eigenvalue weighted by molar-refractivity contribution is 7.11. The van der Waals surface area contributed by atoms with Crippen LogP contribution in [-0.2, 0) is 0 Å². The Morgan fingerprint density at radius 3 is 2.48 bits per heavy atom. The number of hydrogen-bond acceptors (Lipinski definition) is 5. The summed E-state index contributed by atoms with van der Waals surface area (Å²) in [5.41, 5.74) is 2.43. The highest BCUT2D eigenvalue weighted by Crippen LogP contribution is 2.27. The highest BCUT2D eigenvalue weighted by Gasteiger charge is 2.10. The number of halogens is 1. The number of non-ortho nitro benzene ring substituents is 1. The maximum absolute atomic E-state index is 13.0. The van der Waals surface area contributed by atoms with E-state index in [1.165, 1.54) is 35.6 Å². The Bertz CT molecular complexity index is 986. The number of nitro groups is 1. The summed E-state index contributed by atoms with van der Waals surface area (Å²) < 4.78 is 13.0. The molecule has 0 aliphatic carbocycles. The molecule has 3 aromatic rings. The Morgan fingerprint density at radius 1 is 1.20 bits per heavy atom. The van der Waals surface area contributed by atoms with E-state index in [9.17, 15) is 19.8 Å². The third-order valence-corrected chi connectivity index (χ3v) is 4.29. The molecule has 0 atom stereocenters. The van der Waals surface area contributed by atoms with Crippen molar-refractivity contribution in [1.82, 2.24) is 4.98 Å². The van der Waals surface area contributed by atoms with Crippen molar-refractivity contribution < 1.29 is 9.31 Å². The molecule has 0 radical (unpaired) electrons. The topological polar surface area (TPSA) is 79.8 Å². The summed E-state index contributed by atoms with van der Waals surface area (Å²) in [6, 6.07) is 14.0. The molecule has 0 aliphatic rings. The summed E-state index contributed by atoms with van der Waals surface area (Å²) in [4.78, 5) is 14.6. The maximum Gasteiger partial charge on any atom is 0.269 e. The van der Waals surface area contributed by atoms with Crippen LogP contribution in [0.4, 0.5) is 10.1 Å². The number of aromatic nitrogens is 1. The van der Waals surface area contributed by atoms with Crippen LogP contribution in [0.1, 0.15) is 10.6 Å². The summed E-state index contributed by atoms with van der Waals surface area (Å²) >= 11 is 1.30. The summed E-state index contributed by atoms with van der Waals surface area (Å²) in [6.07, 6.45) is 1.62. The summed E-state index contributed by atoms with van der Waals surface area (Å²) in [6.45, 7) is 0. The maximum atomic E-state index is 13.0. The van der Waals surface area contributed by atoms with Crippen LogP contribution in [0.15, 0.2) is 53.9 Å². The molecule has 0 aliphatic heterocycles. The van der Waals surface area contributed by atoms with Crippen molar-refractivity contribution in [2.45, 2.75) is 0 Å². The SMILES string of the molecule is N#CC(=Cc1ccc([N+](=O)[O-])cc1)c1nc(-c2ccc(F)cc2)cs1. The summed E-state index contributed by atoms with van der Waals surface area (Å²) in [5, 5.41) is 22.4. The summed E-state index contributed by atoms with van der Waals surface area (Å²) in [5.74, 6) is -0.324. The minimum absolute atomic E-state index is 0.0106. The lowest BCUT2D eigenvalue weighted by Gasteiger charge is -1.97. The number of nitriles is 1. The first-order valence-corrected chi connectivity index (χ1v) is 8.03. The first-order valence-electron chi connectivity index (χ1n) is 7.15. The van der Waals surface area contributed by atoms with Gasteiger partial charge in [-0.15, -0.1) is 11.3 Å². The van der Waals surface area contributed by atoms with E-state index in [0.29, 0.717) is 21.8 Å². The van der Waals surface area contributed by atoms with E-state index in [0.717, 1.165) is 5.56 Å². The largest absolute Gasteiger partial charge is 0.269 e. The Kier molecular flexibility index (Phi) is 4.64. The van der Waals surface area contributed by atoms with Crippen LogP contribution < -0.4 is 0 Å². The van der Waals surface area contributed by atoms with Crippen molar-refractivity contribution in [2.24, 2.45) is 0 Å². The average molecular weight is 351 g/mol. The average Bonchev–Trinajstić information content (AvgIpc) is 3.10. The van der Waals surface area contributed by atoms with Gasteiger partial charge in [0.25, 0.3) is 5.69 Å². The number of nitro benzene ring substituents is 1. The van der Waals surface area contributed by atoms with Crippen LogP contribution in [0.5, 0.6) is 0 Å². The second-order valence-electron chi connectivity index (χ2n) is 5.06. The Morgan fingerprint density at radius 2 is 1.88 bits per heavy atom. The van der Waals surface area contributed by atoms with Crippen LogP contribution in [-0.4, -0.2) is 9.91 Å². The van der Waals surface area contributed by atoms with Crippen molar-refractivity contribution in [1.29, 1.82) is 5.26 Å². The Hall–Kier alpha value is -3.37. The van der Waals surface area contributed by atoms with Crippen LogP contribution in [0, 0.1) is 27.3 Å². The second kappa shape index (κ2) is 7.03. The van der Waals surface area contributed by atoms with Crippen molar-refractivity contribution in [3.63, 3.8) is 0 Å². The lowest BCUT2D eigenvalue weighted by atomic mass is 10.1. The van der Waals surface area contributed by atoms with Crippen LogP contribution in [0.2, 0.25) is 0 Å². The van der Waals surface area contributed by atoms with E-state index in [1.807, 2.05) is 0 Å². The van der Waals surface area contributed by atoms with Gasteiger partial charge in [-0.25, -0.2) is 9.37 Å². The molecule has 0 N–H and O–H groups in total. The molecule has 7 heteroatoms. The molecule has 122 valence electrons. The van der Waals surface area contributed by atoms with Crippen molar-refractivity contribution in [2.75, 3.05) is 0 Å². The van der Waals surface area contributed by atoms with Crippen molar-refractivity contribution in [3.8, 4) is 17.3 Å². The quantitative estimate of drug-likeness (QED) is 0.379. The monoisotopic (exact) mass is 351 g/mol. The Labute approximate surface area is 146 Å². The van der Waals surface area contributed by atoms with E-state index in [2.05, 4.69) is 11.1 Å². The molecule has 5 nitrogen and oxygen atoms in total. The minimum Gasteiger partial charge on any atom is -0.258 e. The lowest BCUT2D eigenvalue weighted by Crippen LogP contribution is -1.87. The minimum atomic E-state index is -0.478. The predicted molar refractivity (Wildman–Crippen MR) is 94.1 cm³/mol. The second-order valence-corrected chi connectivity index (χ2v) is 5.92. The first-order chi connectivity index (χ1) is 12.1. The smallest absolute Gasteiger partial charge is 0.258 e. The van der Waals surface area contributed by atoms with Gasteiger partial charge in [0.15, 0.2) is 0 Å². The van der Waals surface area contributed by atoms with E-state index >= 15 is 0 Å². The van der Waals surface area contributed by atoms with Gasteiger partial charge in [-0.1, -0.05) is 0 Å². The van der Waals surface area contributed by atoms with Gasteiger partial charge in [0, 0.05) is 23.1 Å². The molecular weight excluding hydrogens is 341 g/mol. The number of benzene rings is 2. The number of hydrogen-bond donors (Lipinski definition) is 0. The summed E-state index contributed by atoms with van der Waals surface area (Å²) in [7, 11) is 0. The van der Waals surface area contributed by atoms with E-state index < -0.39 is 4.92 Å². The van der Waals surface area contributed by atoms with E-state index in [-0.39, 0.29) is 11.5 Å². The number of thiazole rings is 1. The first kappa shape index (κ1) is 16.5. The molecule has 1 aromatic heterocycles. The molecule has 0 saturated carbocycles. The van der Waals surface area contributed by atoms with Gasteiger partial charge >= 0.3 is 0 Å². The van der Waals surface area contributed by atoms with Gasteiger partial charge in [0.05, 0.1) is 16.2 Å². The van der Waals surface area contributed by atoms with Crippen LogP contribution >= 0.6 is 11.3 Å². The fourth-order valence-electron chi connectivity index (χ4n) is 2.15. The highest BCUT2D eigenvalue weighted by atomic mass is 32.1. The van der Waals surface area contributed by atoms with Gasteiger partial charge in [-0.05, 0) is 48.0 Å². The third kappa shape index (κ3) is 3.76. The molecular formula is C18H10FN3O2S. The number of rotatable bonds is 4. The molecule has 0 unspecified atom stereocenters. The van der Waals surface area contributed by atoms with E-state index in [1.54, 1.807) is 35.7 Å². The molecule has 2 aromatic carbocycles. The molecule has 0 amide bonds. The zero-order valence-corrected chi connectivity index (χ0v) is 13.5. The van der Waals surface area contributed by atoms with Gasteiger partial charge in [-0.2, -0.15) is 5.26 Å². The van der Waals surface area contributed by atoms with Crippen molar-refractivity contribution in [3.05, 3.63) is 80.4 Å². The van der Waals surface area contributed by atoms with Gasteiger partial charge in [0.2, 0.25) is 0 Å². The van der Waals surface area contributed by atoms with E-state index in [4.69, 9.17) is 0 Å². The van der Waals surface area contributed by atoms with Crippen molar-refractivity contribution >= 4 is 28.7 Å². The lowest BCUT2D eigenvalue weighted by molar-refractivity contribution is -0.384. The fraction of sp³-hybridized carbons (Fsp3) is 0. The van der Waals surface area contributed by atoms with Gasteiger partial charge < -0.3 is 0 Å². The number of allylic oxidation sites excluding steroid dienone is 1. The van der Waals surface area contributed by atoms with Gasteiger partial charge in [-0.3, -0.25) is 10.1 Å². The van der Waals surface area contributed by atoms with Gasteiger partial charge in [0.1, 0.15) is 16.9 Å². The predicted octanol–water partition coefficient (Wildman–Crippen LogP) is 4.92. The number of nitrogens with zero attached hydrogens (tertiary/aromatic N) is 3. The molecule has 25 heavy (non-hydrogen) atoms. The zero-order chi connectivity index (χ0) is 17.8. The fourth-order valence-corrected chi connectivity index (χ4v) is 2.95. The third-order valence-electron chi connectivity index (χ3n) is 3.41. The van der Waals surface area contributed by atoms with Crippen LogP contribution in [0.25, 0.3) is 22.9 Å². The molecule has 0 bridgehead atoms. The molecule has 1 heterocycles. The van der Waals surface area contributed by atoms with Crippen LogP contribution in [0.3, 0.4) is 0 Å². The molecule has 0 spiro atoms. The Balaban J connectivity index is 1.90. The zero-order valence-electron chi connectivity index (χ0n) is 12.7. The molecule has 0 saturated heterocycles. The normalized spacial score (nSPS) is 11.1. The molecule has 0 fully saturated rings. The standard InChI is InChI=1S/C18H10FN3O2S/c19-15-5-3-13(4-6-15)17-11-25-18(21-17)14(10-20)9-12-1-7-16(8-2-12)22(23)24/h1-9,11H.